The van der Waals surface area contributed by atoms with E-state index in [1.165, 1.54) is 12.7 Å². The first-order valence-electron chi connectivity index (χ1n) is 8.18. The highest BCUT2D eigenvalue weighted by Gasteiger charge is 2.14. The molecule has 0 atom stereocenters. The van der Waals surface area contributed by atoms with Gasteiger partial charge in [-0.15, -0.1) is 11.3 Å². The fourth-order valence-electron chi connectivity index (χ4n) is 2.53. The lowest BCUT2D eigenvalue weighted by Crippen LogP contribution is -2.24. The lowest BCUT2D eigenvalue weighted by molar-refractivity contribution is 0.0948. The summed E-state index contributed by atoms with van der Waals surface area (Å²) in [6.45, 7) is 0.956. The van der Waals surface area contributed by atoms with E-state index < -0.39 is 0 Å². The number of carbonyl (C=O) groups is 1. The number of nitrogens with one attached hydrogen (secondary N) is 2. The van der Waals surface area contributed by atoms with Gasteiger partial charge >= 0.3 is 0 Å². The Morgan fingerprint density at radius 2 is 1.63 bits per heavy atom. The Bertz CT molecular complexity index is 1050. The minimum Gasteiger partial charge on any atom is -0.373 e. The van der Waals surface area contributed by atoms with Crippen LogP contribution in [0.15, 0.2) is 55.8 Å². The van der Waals surface area contributed by atoms with Gasteiger partial charge in [-0.25, -0.2) is 19.9 Å². The summed E-state index contributed by atoms with van der Waals surface area (Å²) in [5.41, 5.74) is 2.21. The van der Waals surface area contributed by atoms with Crippen LogP contribution in [0.25, 0.3) is 10.1 Å². The minimum absolute atomic E-state index is 0.231. The molecular weight excluding hydrogens is 362 g/mol. The Balaban J connectivity index is 1.49. The molecule has 0 saturated carbocycles. The molecule has 4 rings (SSSR count). The molecule has 0 spiro atoms. The molecule has 4 heterocycles. The molecule has 27 heavy (non-hydrogen) atoms. The predicted molar refractivity (Wildman–Crippen MR) is 102 cm³/mol. The largest absolute Gasteiger partial charge is 0.373 e. The number of hydrogen-bond acceptors (Lipinski definition) is 8. The normalized spacial score (nSPS) is 10.7. The van der Waals surface area contributed by atoms with Crippen LogP contribution in [0, 0.1) is 0 Å². The van der Waals surface area contributed by atoms with Crippen molar-refractivity contribution in [2.75, 3.05) is 5.32 Å². The Labute approximate surface area is 158 Å². The lowest BCUT2D eigenvalue weighted by Gasteiger charge is -2.05. The van der Waals surface area contributed by atoms with E-state index in [4.69, 9.17) is 0 Å². The zero-order valence-electron chi connectivity index (χ0n) is 14.2. The molecule has 9 heteroatoms. The van der Waals surface area contributed by atoms with Crippen molar-refractivity contribution in [1.29, 1.82) is 0 Å². The molecule has 0 saturated heterocycles. The van der Waals surface area contributed by atoms with Gasteiger partial charge in [0, 0.05) is 65.3 Å². The second-order valence-corrected chi connectivity index (χ2v) is 6.80. The summed E-state index contributed by atoms with van der Waals surface area (Å²) >= 11 is 1.57. The maximum Gasteiger partial charge on any atom is 0.270 e. The van der Waals surface area contributed by atoms with Crippen LogP contribution in [0.3, 0.4) is 0 Å². The van der Waals surface area contributed by atoms with Crippen molar-refractivity contribution in [3.05, 3.63) is 72.6 Å². The Morgan fingerprint density at radius 3 is 2.33 bits per heavy atom. The number of aromatic nitrogens is 5. The number of thiophene rings is 1. The van der Waals surface area contributed by atoms with Crippen molar-refractivity contribution >= 4 is 32.3 Å². The third kappa shape index (κ3) is 4.04. The van der Waals surface area contributed by atoms with Gasteiger partial charge in [-0.2, -0.15) is 0 Å². The van der Waals surface area contributed by atoms with Gasteiger partial charge in [-0.1, -0.05) is 0 Å². The molecule has 0 unspecified atom stereocenters. The van der Waals surface area contributed by atoms with Crippen LogP contribution < -0.4 is 10.6 Å². The monoisotopic (exact) mass is 377 g/mol. The number of nitrogens with zero attached hydrogens (tertiary/aromatic N) is 5. The summed E-state index contributed by atoms with van der Waals surface area (Å²) < 4.78 is 0.991. The van der Waals surface area contributed by atoms with Crippen LogP contribution >= 0.6 is 11.3 Å². The summed E-state index contributed by atoms with van der Waals surface area (Å²) in [7, 11) is 0. The van der Waals surface area contributed by atoms with Crippen LogP contribution in [-0.4, -0.2) is 30.8 Å². The fourth-order valence-corrected chi connectivity index (χ4v) is 3.48. The second kappa shape index (κ2) is 7.83. The summed E-state index contributed by atoms with van der Waals surface area (Å²) in [5.74, 6) is -0.231. The van der Waals surface area contributed by atoms with Gasteiger partial charge in [0.1, 0.15) is 18.3 Å². The van der Waals surface area contributed by atoms with Gasteiger partial charge in [0.15, 0.2) is 0 Å². The molecule has 4 aromatic heterocycles. The molecule has 1 amide bonds. The molecule has 0 bridgehead atoms. The SMILES string of the molecule is O=C(NCc1cncnc1)c1nccc2sc(NCc3cncnc3)cc12. The number of hydrogen-bond donors (Lipinski definition) is 2. The van der Waals surface area contributed by atoms with Gasteiger partial charge < -0.3 is 10.6 Å². The molecule has 2 N–H and O–H groups in total. The Morgan fingerprint density at radius 1 is 0.963 bits per heavy atom. The smallest absolute Gasteiger partial charge is 0.270 e. The van der Waals surface area contributed by atoms with Crippen LogP contribution in [0.1, 0.15) is 21.6 Å². The fraction of sp³-hybridized carbons (Fsp3) is 0.111. The first-order valence-corrected chi connectivity index (χ1v) is 8.99. The van der Waals surface area contributed by atoms with E-state index in [0.717, 1.165) is 26.2 Å². The number of rotatable bonds is 6. The molecule has 0 aliphatic heterocycles. The zero-order chi connectivity index (χ0) is 18.5. The van der Waals surface area contributed by atoms with Crippen molar-refractivity contribution in [2.45, 2.75) is 13.1 Å². The van der Waals surface area contributed by atoms with Crippen LogP contribution in [0.2, 0.25) is 0 Å². The van der Waals surface area contributed by atoms with E-state index >= 15 is 0 Å². The van der Waals surface area contributed by atoms with Crippen molar-refractivity contribution < 1.29 is 4.79 Å². The van der Waals surface area contributed by atoms with E-state index in [0.29, 0.717) is 18.8 Å². The van der Waals surface area contributed by atoms with Crippen molar-refractivity contribution in [1.82, 2.24) is 30.2 Å². The lowest BCUT2D eigenvalue weighted by atomic mass is 10.2. The number of anilines is 1. The summed E-state index contributed by atoms with van der Waals surface area (Å²) in [4.78, 5) is 32.7. The molecule has 0 aliphatic carbocycles. The average molecular weight is 377 g/mol. The molecule has 0 fully saturated rings. The van der Waals surface area contributed by atoms with Gasteiger partial charge in [0.2, 0.25) is 0 Å². The van der Waals surface area contributed by atoms with Crippen LogP contribution in [0.4, 0.5) is 5.00 Å². The first kappa shape index (κ1) is 17.0. The maximum absolute atomic E-state index is 12.6. The van der Waals surface area contributed by atoms with E-state index in [1.54, 1.807) is 42.3 Å². The van der Waals surface area contributed by atoms with Gasteiger partial charge in [0.25, 0.3) is 5.91 Å². The topological polar surface area (TPSA) is 106 Å². The number of pyridine rings is 1. The Kier molecular flexibility index (Phi) is 4.93. The van der Waals surface area contributed by atoms with Gasteiger partial charge in [-0.05, 0) is 12.1 Å². The molecule has 0 aromatic carbocycles. The highest BCUT2D eigenvalue weighted by Crippen LogP contribution is 2.31. The average Bonchev–Trinajstić information content (AvgIpc) is 3.15. The van der Waals surface area contributed by atoms with E-state index in [2.05, 4.69) is 35.6 Å². The quantitative estimate of drug-likeness (QED) is 0.531. The number of amides is 1. The second-order valence-electron chi connectivity index (χ2n) is 5.71. The van der Waals surface area contributed by atoms with Crippen LogP contribution in [0.5, 0.6) is 0 Å². The maximum atomic E-state index is 12.6. The molecular formula is C18H15N7OS. The third-order valence-electron chi connectivity index (χ3n) is 3.81. The zero-order valence-corrected chi connectivity index (χ0v) is 15.0. The summed E-state index contributed by atoms with van der Waals surface area (Å²) in [6.07, 6.45) is 11.5. The van der Waals surface area contributed by atoms with E-state index in [1.807, 2.05) is 12.1 Å². The standard InChI is InChI=1S/C18H15N7OS/c26-18(25-9-13-6-21-11-22-7-13)17-14-3-16(27-15(14)1-2-23-17)24-8-12-4-19-10-20-5-12/h1-7,10-11,24H,8-9H2,(H,25,26). The number of fused-ring (bicyclic) bond motifs is 1. The third-order valence-corrected chi connectivity index (χ3v) is 4.87. The highest BCUT2D eigenvalue weighted by atomic mass is 32.1. The summed E-state index contributed by atoms with van der Waals surface area (Å²) in [5, 5.41) is 7.96. The van der Waals surface area contributed by atoms with Gasteiger partial charge in [0.05, 0.1) is 5.00 Å². The van der Waals surface area contributed by atoms with Crippen LogP contribution in [-0.2, 0) is 13.1 Å². The molecule has 4 aromatic rings. The van der Waals surface area contributed by atoms with Crippen molar-refractivity contribution in [3.63, 3.8) is 0 Å². The molecule has 134 valence electrons. The van der Waals surface area contributed by atoms with Crippen molar-refractivity contribution in [2.24, 2.45) is 0 Å². The summed E-state index contributed by atoms with van der Waals surface area (Å²) in [6, 6.07) is 3.84. The van der Waals surface area contributed by atoms with Crippen molar-refractivity contribution in [3.8, 4) is 0 Å². The first-order chi connectivity index (χ1) is 13.3. The predicted octanol–water partition coefficient (Wildman–Crippen LogP) is 2.42. The molecule has 0 radical (unpaired) electrons. The van der Waals surface area contributed by atoms with E-state index in [9.17, 15) is 4.79 Å². The number of carbonyl (C=O) groups excluding carboxylic acids is 1. The van der Waals surface area contributed by atoms with E-state index in [-0.39, 0.29) is 5.91 Å². The molecule has 0 aliphatic rings. The minimum atomic E-state index is -0.231. The Hall–Kier alpha value is -3.46. The molecule has 8 nitrogen and oxygen atoms in total. The highest BCUT2D eigenvalue weighted by molar-refractivity contribution is 7.22. The van der Waals surface area contributed by atoms with Gasteiger partial charge in [-0.3, -0.25) is 9.78 Å².